The Hall–Kier alpha value is -0.990. The summed E-state index contributed by atoms with van der Waals surface area (Å²) in [7, 11) is -5.78. The summed E-state index contributed by atoms with van der Waals surface area (Å²) in [6, 6.07) is 2.63. The fourth-order valence-electron chi connectivity index (χ4n) is 2.36. The van der Waals surface area contributed by atoms with Crippen LogP contribution < -0.4 is 4.18 Å². The number of hydrogen-bond acceptors (Lipinski definition) is 4. The van der Waals surface area contributed by atoms with Crippen molar-refractivity contribution in [1.29, 1.82) is 0 Å². The van der Waals surface area contributed by atoms with Crippen molar-refractivity contribution in [3.05, 3.63) is 28.3 Å². The molecule has 0 N–H and O–H groups in total. The van der Waals surface area contributed by atoms with Crippen molar-refractivity contribution >= 4 is 21.7 Å². The maximum atomic E-state index is 12.5. The molecule has 0 unspecified atom stereocenters. The molecule has 1 aliphatic heterocycles. The molecule has 9 heteroatoms. The maximum absolute atomic E-state index is 12.5. The van der Waals surface area contributed by atoms with E-state index in [1.54, 1.807) is 13.8 Å². The molecule has 1 aromatic rings. The molecule has 1 aromatic carbocycles. The lowest BCUT2D eigenvalue weighted by molar-refractivity contribution is -0.0589. The monoisotopic (exact) mass is 372 g/mol. The zero-order chi connectivity index (χ0) is 17.8. The second kappa shape index (κ2) is 5.26. The van der Waals surface area contributed by atoms with Crippen molar-refractivity contribution in [2.75, 3.05) is 6.61 Å². The van der Waals surface area contributed by atoms with E-state index in [0.29, 0.717) is 17.7 Å². The molecule has 0 saturated carbocycles. The highest BCUT2D eigenvalue weighted by atomic mass is 35.5. The maximum Gasteiger partial charge on any atom is 0.534 e. The van der Waals surface area contributed by atoms with Crippen LogP contribution >= 0.6 is 11.6 Å². The topological polar surface area (TPSA) is 52.6 Å². The lowest BCUT2D eigenvalue weighted by atomic mass is 9.75. The SMILES string of the molecule is CC1(C)COC(C)(C)c2cc(Cl)c(OS(=O)(=O)C(F)(F)F)cc21. The molecule has 0 fully saturated rings. The molecular weight excluding hydrogens is 357 g/mol. The largest absolute Gasteiger partial charge is 0.534 e. The molecule has 4 nitrogen and oxygen atoms in total. The molecule has 0 atom stereocenters. The molecule has 2 rings (SSSR count). The second-order valence-corrected chi connectivity index (χ2v) is 8.44. The van der Waals surface area contributed by atoms with E-state index in [2.05, 4.69) is 4.18 Å². The van der Waals surface area contributed by atoms with E-state index < -0.39 is 32.4 Å². The number of fused-ring (bicyclic) bond motifs is 1. The highest BCUT2D eigenvalue weighted by Crippen LogP contribution is 2.45. The van der Waals surface area contributed by atoms with E-state index in [-0.39, 0.29) is 5.02 Å². The normalized spacial score (nSPS) is 20.0. The molecule has 0 amide bonds. The van der Waals surface area contributed by atoms with Gasteiger partial charge >= 0.3 is 15.6 Å². The molecule has 0 saturated heterocycles. The molecule has 1 aliphatic rings. The van der Waals surface area contributed by atoms with Gasteiger partial charge in [-0.15, -0.1) is 0 Å². The first-order valence-corrected chi connectivity index (χ1v) is 8.45. The molecule has 130 valence electrons. The van der Waals surface area contributed by atoms with Gasteiger partial charge < -0.3 is 8.92 Å². The number of alkyl halides is 3. The number of ether oxygens (including phenoxy) is 1. The van der Waals surface area contributed by atoms with E-state index >= 15 is 0 Å². The first-order chi connectivity index (χ1) is 10.2. The van der Waals surface area contributed by atoms with E-state index in [1.807, 2.05) is 13.8 Å². The van der Waals surface area contributed by atoms with Gasteiger partial charge in [0.05, 0.1) is 17.2 Å². The van der Waals surface area contributed by atoms with Gasteiger partial charge in [-0.05, 0) is 37.1 Å². The average Bonchev–Trinajstić information content (AvgIpc) is 2.35. The van der Waals surface area contributed by atoms with Gasteiger partial charge in [-0.25, -0.2) is 0 Å². The summed E-state index contributed by atoms with van der Waals surface area (Å²) in [4.78, 5) is 0. The van der Waals surface area contributed by atoms with Crippen LogP contribution in [0.1, 0.15) is 38.8 Å². The minimum Gasteiger partial charge on any atom is -0.374 e. The van der Waals surface area contributed by atoms with Gasteiger partial charge in [0.25, 0.3) is 0 Å². The molecule has 0 aromatic heterocycles. The zero-order valence-corrected chi connectivity index (χ0v) is 14.5. The van der Waals surface area contributed by atoms with Crippen LogP contribution in [-0.2, 0) is 25.9 Å². The van der Waals surface area contributed by atoms with E-state index in [4.69, 9.17) is 16.3 Å². The van der Waals surface area contributed by atoms with Crippen LogP contribution in [0.2, 0.25) is 5.02 Å². The highest BCUT2D eigenvalue weighted by Gasteiger charge is 2.49. The molecule has 0 aliphatic carbocycles. The lowest BCUT2D eigenvalue weighted by Crippen LogP contribution is -2.40. The number of hydrogen-bond donors (Lipinski definition) is 0. The van der Waals surface area contributed by atoms with Gasteiger partial charge in [0.1, 0.15) is 0 Å². The summed E-state index contributed by atoms with van der Waals surface area (Å²) in [5.74, 6) is -0.548. The molecular formula is C14H16ClF3O4S. The summed E-state index contributed by atoms with van der Waals surface area (Å²) in [5, 5.41) is -0.231. The predicted molar refractivity (Wildman–Crippen MR) is 79.1 cm³/mol. The first-order valence-electron chi connectivity index (χ1n) is 6.67. The van der Waals surface area contributed by atoms with Gasteiger partial charge in [-0.1, -0.05) is 25.4 Å². The minimum atomic E-state index is -5.78. The van der Waals surface area contributed by atoms with Crippen LogP contribution in [0.25, 0.3) is 0 Å². The van der Waals surface area contributed by atoms with Crippen LogP contribution in [0.4, 0.5) is 13.2 Å². The van der Waals surface area contributed by atoms with Crippen LogP contribution in [-0.4, -0.2) is 20.5 Å². The quantitative estimate of drug-likeness (QED) is 0.579. The summed E-state index contributed by atoms with van der Waals surface area (Å²) >= 11 is 5.93. The first kappa shape index (κ1) is 18.4. The third-order valence-corrected chi connectivity index (χ3v) is 4.99. The molecule has 23 heavy (non-hydrogen) atoms. The van der Waals surface area contributed by atoms with Gasteiger partial charge in [-0.2, -0.15) is 21.6 Å². The average molecular weight is 373 g/mol. The fourth-order valence-corrected chi connectivity index (χ4v) is 3.07. The summed E-state index contributed by atoms with van der Waals surface area (Å²) in [6.45, 7) is 7.57. The van der Waals surface area contributed by atoms with Gasteiger partial charge in [0, 0.05) is 5.41 Å². The standard InChI is InChI=1S/C14H16ClF3O4S/c1-12(2)7-21-13(3,4)9-5-10(15)11(6-8(9)12)22-23(19,20)14(16,17)18/h5-6H,7H2,1-4H3. The Morgan fingerprint density at radius 1 is 1.17 bits per heavy atom. The number of benzene rings is 1. The zero-order valence-electron chi connectivity index (χ0n) is 12.9. The molecule has 0 bridgehead atoms. The van der Waals surface area contributed by atoms with Crippen molar-refractivity contribution in [3.8, 4) is 5.75 Å². The van der Waals surface area contributed by atoms with Gasteiger partial charge in [0.2, 0.25) is 0 Å². The van der Waals surface area contributed by atoms with E-state index in [0.717, 1.165) is 0 Å². The van der Waals surface area contributed by atoms with Crippen molar-refractivity contribution in [2.24, 2.45) is 0 Å². The predicted octanol–water partition coefficient (Wildman–Crippen LogP) is 4.11. The molecule has 0 radical (unpaired) electrons. The minimum absolute atomic E-state index is 0.231. The Labute approximate surface area is 137 Å². The van der Waals surface area contributed by atoms with Crippen LogP contribution in [0.5, 0.6) is 5.75 Å². The van der Waals surface area contributed by atoms with Gasteiger partial charge in [0.15, 0.2) is 5.75 Å². The third kappa shape index (κ3) is 3.29. The summed E-state index contributed by atoms with van der Waals surface area (Å²) in [6.07, 6.45) is 0. The Balaban J connectivity index is 2.59. The van der Waals surface area contributed by atoms with E-state index in [1.165, 1.54) is 12.1 Å². The third-order valence-electron chi connectivity index (χ3n) is 3.73. The Bertz CT molecular complexity index is 739. The molecule has 1 heterocycles. The number of halogens is 4. The molecule has 0 spiro atoms. The van der Waals surface area contributed by atoms with Crippen molar-refractivity contribution < 1.29 is 30.5 Å². The van der Waals surface area contributed by atoms with E-state index in [9.17, 15) is 21.6 Å². The Morgan fingerprint density at radius 2 is 1.74 bits per heavy atom. The van der Waals surface area contributed by atoms with Crippen LogP contribution in [0, 0.1) is 0 Å². The summed E-state index contributed by atoms with van der Waals surface area (Å²) < 4.78 is 69.8. The number of rotatable bonds is 2. The van der Waals surface area contributed by atoms with Crippen molar-refractivity contribution in [1.82, 2.24) is 0 Å². The lowest BCUT2D eigenvalue weighted by Gasteiger charge is -2.42. The second-order valence-electron chi connectivity index (χ2n) is 6.49. The highest BCUT2D eigenvalue weighted by molar-refractivity contribution is 7.88. The fraction of sp³-hybridized carbons (Fsp3) is 0.571. The van der Waals surface area contributed by atoms with Crippen molar-refractivity contribution in [2.45, 2.75) is 44.2 Å². The van der Waals surface area contributed by atoms with Crippen LogP contribution in [0.3, 0.4) is 0 Å². The van der Waals surface area contributed by atoms with Crippen LogP contribution in [0.15, 0.2) is 12.1 Å². The Kier molecular flexibility index (Phi) is 4.19. The van der Waals surface area contributed by atoms with Gasteiger partial charge in [-0.3, -0.25) is 0 Å². The Morgan fingerprint density at radius 3 is 2.26 bits per heavy atom. The summed E-state index contributed by atoms with van der Waals surface area (Å²) in [5.41, 5.74) is -5.45. The smallest absolute Gasteiger partial charge is 0.374 e. The van der Waals surface area contributed by atoms with Crippen molar-refractivity contribution in [3.63, 3.8) is 0 Å².